The molecule has 0 saturated carbocycles. The molecule has 3 rings (SSSR count). The van der Waals surface area contributed by atoms with E-state index in [0.29, 0.717) is 19.8 Å². The molecule has 0 fully saturated rings. The Labute approximate surface area is 169 Å². The van der Waals surface area contributed by atoms with Gasteiger partial charge < -0.3 is 19.8 Å². The molecule has 0 unspecified atom stereocenters. The average Bonchev–Trinajstić information content (AvgIpc) is 3.22. The minimum Gasteiger partial charge on any atom is -0.467 e. The van der Waals surface area contributed by atoms with Crippen LogP contribution in [0.2, 0.25) is 0 Å². The second-order valence-electron chi connectivity index (χ2n) is 6.17. The first-order valence-electron chi connectivity index (χ1n) is 9.21. The highest BCUT2D eigenvalue weighted by atomic mass is 32.2. The summed E-state index contributed by atoms with van der Waals surface area (Å²) >= 11 is 1.79. The monoisotopic (exact) mass is 396 g/mol. The minimum atomic E-state index is -0.196. The fourth-order valence-corrected chi connectivity index (χ4v) is 3.43. The minimum absolute atomic E-state index is 0.196. The second-order valence-corrected chi connectivity index (χ2v) is 7.34. The van der Waals surface area contributed by atoms with Gasteiger partial charge in [-0.1, -0.05) is 30.3 Å². The zero-order chi connectivity index (χ0) is 19.4. The Hall–Kier alpha value is -2.70. The van der Waals surface area contributed by atoms with Crippen molar-refractivity contribution >= 4 is 23.5 Å². The van der Waals surface area contributed by atoms with Crippen LogP contribution in [0, 0.1) is 0 Å². The number of thioether (sulfide) groups is 1. The van der Waals surface area contributed by atoms with E-state index in [1.54, 1.807) is 18.0 Å². The maximum absolute atomic E-state index is 12.1. The summed E-state index contributed by atoms with van der Waals surface area (Å²) in [6.07, 6.45) is 2.54. The molecule has 0 spiro atoms. The van der Waals surface area contributed by atoms with E-state index in [-0.39, 0.29) is 6.03 Å². The first kappa shape index (κ1) is 20.0. The Morgan fingerprint density at radius 2 is 1.89 bits per heavy atom. The van der Waals surface area contributed by atoms with E-state index in [9.17, 15) is 4.79 Å². The molecular weight excluding hydrogens is 372 g/mol. The lowest BCUT2D eigenvalue weighted by Crippen LogP contribution is -2.29. The van der Waals surface area contributed by atoms with Crippen molar-refractivity contribution in [3.8, 4) is 0 Å². The molecule has 28 heavy (non-hydrogen) atoms. The molecule has 0 radical (unpaired) electrons. The maximum Gasteiger partial charge on any atom is 0.319 e. The lowest BCUT2D eigenvalue weighted by molar-refractivity contribution is 0.0930. The van der Waals surface area contributed by atoms with E-state index in [1.165, 1.54) is 4.90 Å². The summed E-state index contributed by atoms with van der Waals surface area (Å²) in [5, 5.41) is 5.76. The van der Waals surface area contributed by atoms with E-state index in [1.807, 2.05) is 54.6 Å². The Morgan fingerprint density at radius 3 is 2.71 bits per heavy atom. The third kappa shape index (κ3) is 7.13. The van der Waals surface area contributed by atoms with Crippen LogP contribution in [0.4, 0.5) is 10.5 Å². The van der Waals surface area contributed by atoms with Crippen molar-refractivity contribution in [3.05, 3.63) is 84.3 Å². The predicted molar refractivity (Wildman–Crippen MR) is 112 cm³/mol. The molecule has 0 bridgehead atoms. The number of hydrogen-bond donors (Lipinski definition) is 2. The van der Waals surface area contributed by atoms with Gasteiger partial charge in [0, 0.05) is 17.1 Å². The molecule has 1 heterocycles. The van der Waals surface area contributed by atoms with Crippen molar-refractivity contribution in [2.45, 2.75) is 24.5 Å². The van der Waals surface area contributed by atoms with Gasteiger partial charge >= 0.3 is 6.03 Å². The molecule has 3 aromatic rings. The second kappa shape index (κ2) is 11.2. The number of carbonyl (C=O) groups excluding carboxylic acids is 1. The number of amides is 2. The predicted octanol–water partition coefficient (Wildman–Crippen LogP) is 5.30. The number of anilines is 1. The lowest BCUT2D eigenvalue weighted by atomic mass is 10.2. The summed E-state index contributed by atoms with van der Waals surface area (Å²) in [6.45, 7) is 1.51. The van der Waals surface area contributed by atoms with Crippen molar-refractivity contribution < 1.29 is 13.9 Å². The number of ether oxygens (including phenoxy) is 1. The van der Waals surface area contributed by atoms with Gasteiger partial charge in [0.05, 0.1) is 12.9 Å². The smallest absolute Gasteiger partial charge is 0.319 e. The average molecular weight is 397 g/mol. The van der Waals surface area contributed by atoms with E-state index >= 15 is 0 Å². The van der Waals surface area contributed by atoms with Crippen LogP contribution < -0.4 is 10.6 Å². The van der Waals surface area contributed by atoms with Gasteiger partial charge in [0.2, 0.25) is 0 Å². The first-order chi connectivity index (χ1) is 13.8. The van der Waals surface area contributed by atoms with Crippen LogP contribution in [0.25, 0.3) is 0 Å². The van der Waals surface area contributed by atoms with E-state index in [0.717, 1.165) is 29.2 Å². The third-order valence-electron chi connectivity index (χ3n) is 3.90. The van der Waals surface area contributed by atoms with E-state index in [2.05, 4.69) is 22.8 Å². The number of furan rings is 1. The first-order valence-corrected chi connectivity index (χ1v) is 10.2. The van der Waals surface area contributed by atoms with Crippen LogP contribution in [0.1, 0.15) is 17.7 Å². The summed E-state index contributed by atoms with van der Waals surface area (Å²) in [6, 6.07) is 21.4. The zero-order valence-electron chi connectivity index (χ0n) is 15.6. The van der Waals surface area contributed by atoms with Gasteiger partial charge in [0.25, 0.3) is 0 Å². The van der Waals surface area contributed by atoms with Gasteiger partial charge in [0.1, 0.15) is 12.4 Å². The number of nitrogens with one attached hydrogen (secondary N) is 2. The number of hydrogen-bond acceptors (Lipinski definition) is 4. The molecule has 2 N–H and O–H groups in total. The lowest BCUT2D eigenvalue weighted by Gasteiger charge is -2.09. The molecule has 0 atom stereocenters. The van der Waals surface area contributed by atoms with Crippen molar-refractivity contribution in [1.82, 2.24) is 5.32 Å². The molecule has 2 amide bonds. The molecule has 0 aliphatic rings. The maximum atomic E-state index is 12.1. The van der Waals surface area contributed by atoms with E-state index in [4.69, 9.17) is 9.15 Å². The van der Waals surface area contributed by atoms with Crippen LogP contribution in [-0.4, -0.2) is 18.3 Å². The van der Waals surface area contributed by atoms with Gasteiger partial charge in [-0.3, -0.25) is 0 Å². The molecule has 146 valence electrons. The largest absolute Gasteiger partial charge is 0.467 e. The van der Waals surface area contributed by atoms with Crippen molar-refractivity contribution in [2.75, 3.05) is 17.6 Å². The van der Waals surface area contributed by atoms with Crippen LogP contribution in [0.3, 0.4) is 0 Å². The van der Waals surface area contributed by atoms with Crippen LogP contribution >= 0.6 is 11.8 Å². The number of urea groups is 1. The van der Waals surface area contributed by atoms with Gasteiger partial charge in [-0.25, -0.2) is 4.79 Å². The molecule has 6 heteroatoms. The van der Waals surface area contributed by atoms with Gasteiger partial charge in [-0.05, 0) is 54.1 Å². The summed E-state index contributed by atoms with van der Waals surface area (Å²) < 4.78 is 10.9. The Balaban J connectivity index is 1.33. The van der Waals surface area contributed by atoms with E-state index < -0.39 is 0 Å². The molecular formula is C22H24N2O3S. The highest BCUT2D eigenvalue weighted by Crippen LogP contribution is 2.17. The van der Waals surface area contributed by atoms with Crippen LogP contribution in [-0.2, 0) is 18.0 Å². The van der Waals surface area contributed by atoms with Crippen LogP contribution in [0.5, 0.6) is 0 Å². The number of rotatable bonds is 10. The number of benzene rings is 2. The molecule has 0 saturated heterocycles. The summed E-state index contributed by atoms with van der Waals surface area (Å²) in [5.41, 5.74) is 1.74. The molecule has 1 aromatic heterocycles. The molecule has 5 nitrogen and oxygen atoms in total. The SMILES string of the molecule is O=C(NCCCSc1ccccc1)Nc1cccc(COCc2ccco2)c1. The highest BCUT2D eigenvalue weighted by molar-refractivity contribution is 7.99. The topological polar surface area (TPSA) is 63.5 Å². The summed E-state index contributed by atoms with van der Waals surface area (Å²) in [4.78, 5) is 13.3. The molecule has 0 aliphatic carbocycles. The van der Waals surface area contributed by atoms with Crippen molar-refractivity contribution in [2.24, 2.45) is 0 Å². The van der Waals surface area contributed by atoms with Gasteiger partial charge in [0.15, 0.2) is 0 Å². The van der Waals surface area contributed by atoms with Gasteiger partial charge in [-0.15, -0.1) is 11.8 Å². The van der Waals surface area contributed by atoms with Crippen LogP contribution in [0.15, 0.2) is 82.3 Å². The quantitative estimate of drug-likeness (QED) is 0.360. The fraction of sp³-hybridized carbons (Fsp3) is 0.227. The van der Waals surface area contributed by atoms with Gasteiger partial charge in [-0.2, -0.15) is 0 Å². The van der Waals surface area contributed by atoms with Crippen molar-refractivity contribution in [3.63, 3.8) is 0 Å². The third-order valence-corrected chi connectivity index (χ3v) is 4.99. The molecule has 0 aliphatic heterocycles. The normalized spacial score (nSPS) is 10.6. The fourth-order valence-electron chi connectivity index (χ4n) is 2.56. The molecule has 2 aromatic carbocycles. The number of carbonyl (C=O) groups is 1. The summed E-state index contributed by atoms with van der Waals surface area (Å²) in [5.74, 6) is 1.76. The summed E-state index contributed by atoms with van der Waals surface area (Å²) in [7, 11) is 0. The standard InChI is InChI=1S/C22H24N2O3S/c25-22(23-12-6-14-28-21-10-2-1-3-11-21)24-19-8-4-7-18(15-19)16-26-17-20-9-5-13-27-20/h1-5,7-11,13,15H,6,12,14,16-17H2,(H2,23,24,25). The Bertz CT molecular complexity index is 838. The Kier molecular flexibility index (Phi) is 8.03. The Morgan fingerprint density at radius 1 is 1.00 bits per heavy atom. The zero-order valence-corrected chi connectivity index (χ0v) is 16.4. The van der Waals surface area contributed by atoms with Crippen molar-refractivity contribution in [1.29, 1.82) is 0 Å². The highest BCUT2D eigenvalue weighted by Gasteiger charge is 2.03.